The number of fused-ring (bicyclic) bond motifs is 1. The molecule has 0 saturated carbocycles. The van der Waals surface area contributed by atoms with Gasteiger partial charge in [0.2, 0.25) is 0 Å². The maximum absolute atomic E-state index is 12.9. The van der Waals surface area contributed by atoms with E-state index in [0.29, 0.717) is 17.3 Å². The summed E-state index contributed by atoms with van der Waals surface area (Å²) in [7, 11) is 0. The second-order valence-electron chi connectivity index (χ2n) is 6.84. The Labute approximate surface area is 169 Å². The molecule has 144 valence electrons. The van der Waals surface area contributed by atoms with E-state index in [1.54, 1.807) is 6.07 Å². The smallest absolute Gasteiger partial charge is 0.253 e. The van der Waals surface area contributed by atoms with Crippen LogP contribution in [0, 0.1) is 0 Å². The number of pyridine rings is 1. The first kappa shape index (κ1) is 18.7. The fourth-order valence-electron chi connectivity index (χ4n) is 3.40. The number of benzene rings is 2. The van der Waals surface area contributed by atoms with Crippen molar-refractivity contribution in [2.75, 3.05) is 39.3 Å². The van der Waals surface area contributed by atoms with Crippen molar-refractivity contribution in [3.63, 3.8) is 0 Å². The van der Waals surface area contributed by atoms with Crippen LogP contribution < -0.4 is 4.74 Å². The van der Waals surface area contributed by atoms with Gasteiger partial charge in [0.05, 0.1) is 5.52 Å². The Morgan fingerprint density at radius 2 is 1.79 bits per heavy atom. The number of carbonyl (C=O) groups is 1. The summed E-state index contributed by atoms with van der Waals surface area (Å²) in [6, 6.07) is 19.0. The molecule has 1 saturated heterocycles. The summed E-state index contributed by atoms with van der Waals surface area (Å²) >= 11 is 5.93. The highest BCUT2D eigenvalue weighted by Gasteiger charge is 2.22. The van der Waals surface area contributed by atoms with Gasteiger partial charge in [0.1, 0.15) is 17.5 Å². The van der Waals surface area contributed by atoms with E-state index in [1.165, 1.54) is 0 Å². The van der Waals surface area contributed by atoms with Crippen LogP contribution in [0.5, 0.6) is 5.75 Å². The molecule has 28 heavy (non-hydrogen) atoms. The fraction of sp³-hybridized carbons (Fsp3) is 0.273. The van der Waals surface area contributed by atoms with Gasteiger partial charge in [0.25, 0.3) is 5.91 Å². The Morgan fingerprint density at radius 1 is 1.00 bits per heavy atom. The summed E-state index contributed by atoms with van der Waals surface area (Å²) in [4.78, 5) is 21.4. The lowest BCUT2D eigenvalue weighted by atomic mass is 10.1. The second-order valence-corrected chi connectivity index (χ2v) is 7.22. The van der Waals surface area contributed by atoms with E-state index in [1.807, 2.05) is 59.5 Å². The van der Waals surface area contributed by atoms with E-state index in [2.05, 4.69) is 9.88 Å². The largest absolute Gasteiger partial charge is 0.492 e. The molecule has 1 fully saturated rings. The SMILES string of the molecule is O=C(c1ccc2nc(Cl)ccc2c1)N1CCN(CCOc2ccccc2)CC1. The van der Waals surface area contributed by atoms with Crippen molar-refractivity contribution in [2.24, 2.45) is 0 Å². The minimum Gasteiger partial charge on any atom is -0.492 e. The van der Waals surface area contributed by atoms with Crippen LogP contribution in [-0.4, -0.2) is 60.0 Å². The van der Waals surface area contributed by atoms with Crippen LogP contribution >= 0.6 is 11.6 Å². The number of para-hydroxylation sites is 1. The van der Waals surface area contributed by atoms with E-state index < -0.39 is 0 Å². The number of aromatic nitrogens is 1. The predicted octanol–water partition coefficient (Wildman–Crippen LogP) is 3.73. The minimum absolute atomic E-state index is 0.0667. The van der Waals surface area contributed by atoms with Gasteiger partial charge in [0, 0.05) is 43.7 Å². The number of halogens is 1. The fourth-order valence-corrected chi connectivity index (χ4v) is 3.55. The molecular formula is C22H22ClN3O2. The summed E-state index contributed by atoms with van der Waals surface area (Å²) in [5.41, 5.74) is 1.49. The van der Waals surface area contributed by atoms with E-state index in [4.69, 9.17) is 16.3 Å². The normalized spacial score (nSPS) is 15.0. The van der Waals surface area contributed by atoms with Gasteiger partial charge in [0.15, 0.2) is 0 Å². The van der Waals surface area contributed by atoms with Gasteiger partial charge in [-0.15, -0.1) is 0 Å². The van der Waals surface area contributed by atoms with E-state index in [0.717, 1.165) is 49.4 Å². The third-order valence-electron chi connectivity index (χ3n) is 4.98. The average molecular weight is 396 g/mol. The minimum atomic E-state index is 0.0667. The molecule has 2 heterocycles. The first-order chi connectivity index (χ1) is 13.7. The standard InChI is InChI=1S/C22H22ClN3O2/c23-21-9-7-17-16-18(6-8-20(17)24-21)22(27)26-12-10-25(11-13-26)14-15-28-19-4-2-1-3-5-19/h1-9,16H,10-15H2. The topological polar surface area (TPSA) is 45.7 Å². The molecule has 1 amide bonds. The van der Waals surface area contributed by atoms with Gasteiger partial charge in [-0.3, -0.25) is 9.69 Å². The highest BCUT2D eigenvalue weighted by molar-refractivity contribution is 6.29. The number of hydrogen-bond donors (Lipinski definition) is 0. The molecule has 0 aliphatic carbocycles. The Kier molecular flexibility index (Phi) is 5.74. The molecule has 0 bridgehead atoms. The van der Waals surface area contributed by atoms with Gasteiger partial charge >= 0.3 is 0 Å². The highest BCUT2D eigenvalue weighted by Crippen LogP contribution is 2.19. The highest BCUT2D eigenvalue weighted by atomic mass is 35.5. The number of piperazine rings is 1. The second kappa shape index (κ2) is 8.59. The lowest BCUT2D eigenvalue weighted by Gasteiger charge is -2.34. The molecule has 3 aromatic rings. The van der Waals surface area contributed by atoms with Crippen LogP contribution in [-0.2, 0) is 0 Å². The predicted molar refractivity (Wildman–Crippen MR) is 111 cm³/mol. The molecule has 4 rings (SSSR count). The zero-order valence-electron chi connectivity index (χ0n) is 15.6. The Hall–Kier alpha value is -2.63. The lowest BCUT2D eigenvalue weighted by molar-refractivity contribution is 0.0620. The monoisotopic (exact) mass is 395 g/mol. The van der Waals surface area contributed by atoms with Crippen molar-refractivity contribution in [1.82, 2.24) is 14.8 Å². The molecule has 1 aromatic heterocycles. The molecule has 0 unspecified atom stereocenters. The molecule has 0 spiro atoms. The van der Waals surface area contributed by atoms with Gasteiger partial charge in [-0.25, -0.2) is 4.98 Å². The molecule has 1 aliphatic rings. The third kappa shape index (κ3) is 4.43. The zero-order chi connectivity index (χ0) is 19.3. The van der Waals surface area contributed by atoms with Gasteiger partial charge in [-0.2, -0.15) is 0 Å². The number of nitrogens with zero attached hydrogens (tertiary/aromatic N) is 3. The summed E-state index contributed by atoms with van der Waals surface area (Å²) in [6.07, 6.45) is 0. The number of ether oxygens (including phenoxy) is 1. The lowest BCUT2D eigenvalue weighted by Crippen LogP contribution is -2.49. The molecule has 2 aromatic carbocycles. The number of rotatable bonds is 5. The molecule has 6 heteroatoms. The summed E-state index contributed by atoms with van der Waals surface area (Å²) < 4.78 is 5.76. The Bertz CT molecular complexity index is 956. The van der Waals surface area contributed by atoms with Crippen LogP contribution in [0.4, 0.5) is 0 Å². The molecule has 5 nitrogen and oxygen atoms in total. The van der Waals surface area contributed by atoms with Crippen LogP contribution in [0.2, 0.25) is 5.15 Å². The Morgan fingerprint density at radius 3 is 2.57 bits per heavy atom. The first-order valence-corrected chi connectivity index (χ1v) is 9.83. The van der Waals surface area contributed by atoms with Gasteiger partial charge in [-0.05, 0) is 42.5 Å². The molecule has 0 atom stereocenters. The first-order valence-electron chi connectivity index (χ1n) is 9.45. The van der Waals surface area contributed by atoms with Gasteiger partial charge < -0.3 is 9.64 Å². The van der Waals surface area contributed by atoms with Gasteiger partial charge in [-0.1, -0.05) is 29.8 Å². The van der Waals surface area contributed by atoms with Crippen molar-refractivity contribution >= 4 is 28.4 Å². The van der Waals surface area contributed by atoms with Crippen LogP contribution in [0.1, 0.15) is 10.4 Å². The van der Waals surface area contributed by atoms with E-state index >= 15 is 0 Å². The number of hydrogen-bond acceptors (Lipinski definition) is 4. The molecule has 0 N–H and O–H groups in total. The molecule has 1 aliphatic heterocycles. The van der Waals surface area contributed by atoms with Crippen molar-refractivity contribution in [2.45, 2.75) is 0 Å². The number of carbonyl (C=O) groups excluding carboxylic acids is 1. The Balaban J connectivity index is 1.29. The molecule has 0 radical (unpaired) electrons. The zero-order valence-corrected chi connectivity index (χ0v) is 16.3. The maximum Gasteiger partial charge on any atom is 0.253 e. The van der Waals surface area contributed by atoms with Crippen molar-refractivity contribution in [3.05, 3.63) is 71.4 Å². The average Bonchev–Trinajstić information content (AvgIpc) is 2.74. The maximum atomic E-state index is 12.9. The van der Waals surface area contributed by atoms with Crippen LogP contribution in [0.25, 0.3) is 10.9 Å². The summed E-state index contributed by atoms with van der Waals surface area (Å²) in [6.45, 7) is 4.67. The van der Waals surface area contributed by atoms with Crippen LogP contribution in [0.3, 0.4) is 0 Å². The van der Waals surface area contributed by atoms with Crippen molar-refractivity contribution in [3.8, 4) is 5.75 Å². The third-order valence-corrected chi connectivity index (χ3v) is 5.19. The van der Waals surface area contributed by atoms with Crippen molar-refractivity contribution < 1.29 is 9.53 Å². The van der Waals surface area contributed by atoms with E-state index in [9.17, 15) is 4.79 Å². The summed E-state index contributed by atoms with van der Waals surface area (Å²) in [5, 5.41) is 1.38. The quantitative estimate of drug-likeness (QED) is 0.617. The van der Waals surface area contributed by atoms with Crippen molar-refractivity contribution in [1.29, 1.82) is 0 Å². The number of amides is 1. The molecular weight excluding hydrogens is 374 g/mol. The summed E-state index contributed by atoms with van der Waals surface area (Å²) in [5.74, 6) is 0.959. The van der Waals surface area contributed by atoms with Crippen LogP contribution in [0.15, 0.2) is 60.7 Å². The van der Waals surface area contributed by atoms with E-state index in [-0.39, 0.29) is 5.91 Å².